The van der Waals surface area contributed by atoms with Crippen LogP contribution < -0.4 is 5.32 Å². The van der Waals surface area contributed by atoms with Crippen LogP contribution >= 0.6 is 0 Å². The third kappa shape index (κ3) is 4.83. The van der Waals surface area contributed by atoms with Gasteiger partial charge in [0.15, 0.2) is 5.54 Å². The van der Waals surface area contributed by atoms with Crippen molar-refractivity contribution in [3.05, 3.63) is 35.9 Å². The summed E-state index contributed by atoms with van der Waals surface area (Å²) in [5.74, 6) is -0.307. The van der Waals surface area contributed by atoms with Gasteiger partial charge in [0.25, 0.3) is 0 Å². The van der Waals surface area contributed by atoms with Gasteiger partial charge in [-0.05, 0) is 24.9 Å². The molecule has 0 radical (unpaired) electrons. The Hall–Kier alpha value is -1.39. The van der Waals surface area contributed by atoms with Crippen LogP contribution in [0, 0.1) is 0 Å². The summed E-state index contributed by atoms with van der Waals surface area (Å²) in [6, 6.07) is 9.65. The maximum atomic E-state index is 12.4. The van der Waals surface area contributed by atoms with Crippen LogP contribution in [0.15, 0.2) is 30.3 Å². The van der Waals surface area contributed by atoms with Gasteiger partial charge in [0.1, 0.15) is 0 Å². The van der Waals surface area contributed by atoms with E-state index >= 15 is 0 Å². The van der Waals surface area contributed by atoms with Gasteiger partial charge >= 0.3 is 5.97 Å². The molecule has 0 aliphatic heterocycles. The summed E-state index contributed by atoms with van der Waals surface area (Å²) in [6.45, 7) is 5.84. The second-order valence-corrected chi connectivity index (χ2v) is 5.10. The topological polar surface area (TPSA) is 47.6 Å². The van der Waals surface area contributed by atoms with Crippen molar-refractivity contribution >= 4 is 5.97 Å². The molecule has 0 bridgehead atoms. The maximum absolute atomic E-state index is 12.4. The van der Waals surface area contributed by atoms with Gasteiger partial charge in [-0.15, -0.1) is 0 Å². The number of carbonyl (C=O) groups excluding carboxylic acids is 1. The van der Waals surface area contributed by atoms with Crippen LogP contribution in [0.1, 0.15) is 38.7 Å². The smallest absolute Gasteiger partial charge is 0.333 e. The van der Waals surface area contributed by atoms with Crippen LogP contribution in [-0.2, 0) is 19.8 Å². The van der Waals surface area contributed by atoms with Crippen LogP contribution in [0.5, 0.6) is 0 Å². The third-order valence-electron chi connectivity index (χ3n) is 3.44. The summed E-state index contributed by atoms with van der Waals surface area (Å²) in [6.07, 6.45) is 2.99. The van der Waals surface area contributed by atoms with Crippen molar-refractivity contribution in [2.24, 2.45) is 0 Å². The van der Waals surface area contributed by atoms with Crippen molar-refractivity contribution in [1.29, 1.82) is 0 Å². The molecule has 4 heteroatoms. The van der Waals surface area contributed by atoms with Gasteiger partial charge in [-0.2, -0.15) is 0 Å². The van der Waals surface area contributed by atoms with E-state index in [0.29, 0.717) is 6.61 Å². The zero-order chi connectivity index (χ0) is 15.6. The molecule has 0 spiro atoms. The molecule has 21 heavy (non-hydrogen) atoms. The van der Waals surface area contributed by atoms with Gasteiger partial charge in [-0.1, -0.05) is 50.6 Å². The minimum Gasteiger partial charge on any atom is -0.467 e. The molecular formula is C17H27NO3. The lowest BCUT2D eigenvalue weighted by atomic mass is 9.90. The Morgan fingerprint density at radius 2 is 1.90 bits per heavy atom. The molecule has 4 nitrogen and oxygen atoms in total. The summed E-state index contributed by atoms with van der Waals surface area (Å²) >= 11 is 0. The Labute approximate surface area is 127 Å². The molecule has 0 saturated carbocycles. The van der Waals surface area contributed by atoms with Crippen molar-refractivity contribution < 1.29 is 14.3 Å². The van der Waals surface area contributed by atoms with E-state index in [1.807, 2.05) is 30.3 Å². The number of hydrogen-bond acceptors (Lipinski definition) is 4. The van der Waals surface area contributed by atoms with Gasteiger partial charge in [0, 0.05) is 6.61 Å². The lowest BCUT2D eigenvalue weighted by Gasteiger charge is -2.32. The SMILES string of the molecule is CCCCOCC(NCCC)(C(=O)OC)c1ccccc1. The quantitative estimate of drug-likeness (QED) is 0.532. The molecule has 0 aliphatic rings. The molecule has 1 unspecified atom stereocenters. The maximum Gasteiger partial charge on any atom is 0.333 e. The van der Waals surface area contributed by atoms with E-state index in [1.165, 1.54) is 7.11 Å². The number of carbonyl (C=O) groups is 1. The van der Waals surface area contributed by atoms with E-state index < -0.39 is 5.54 Å². The lowest BCUT2D eigenvalue weighted by Crippen LogP contribution is -2.53. The highest BCUT2D eigenvalue weighted by Gasteiger charge is 2.41. The molecule has 1 aromatic rings. The van der Waals surface area contributed by atoms with Crippen molar-refractivity contribution in [3.63, 3.8) is 0 Å². The van der Waals surface area contributed by atoms with Gasteiger partial charge in [0.2, 0.25) is 0 Å². The molecule has 1 aromatic carbocycles. The molecule has 1 rings (SSSR count). The first-order valence-electron chi connectivity index (χ1n) is 7.68. The molecule has 0 aliphatic carbocycles. The highest BCUT2D eigenvalue weighted by Crippen LogP contribution is 2.24. The second kappa shape index (κ2) is 9.53. The number of ether oxygens (including phenoxy) is 2. The van der Waals surface area contributed by atoms with Gasteiger partial charge in [-0.3, -0.25) is 5.32 Å². The molecular weight excluding hydrogens is 266 g/mol. The Morgan fingerprint density at radius 3 is 2.48 bits per heavy atom. The fourth-order valence-electron chi connectivity index (χ4n) is 2.19. The number of hydrogen-bond donors (Lipinski definition) is 1. The molecule has 118 valence electrons. The molecule has 0 fully saturated rings. The third-order valence-corrected chi connectivity index (χ3v) is 3.44. The first-order valence-corrected chi connectivity index (χ1v) is 7.68. The Kier molecular flexibility index (Phi) is 8.01. The first-order chi connectivity index (χ1) is 10.2. The summed E-state index contributed by atoms with van der Waals surface area (Å²) in [5.41, 5.74) is -0.0541. The number of benzene rings is 1. The van der Waals surface area contributed by atoms with Crippen molar-refractivity contribution in [2.75, 3.05) is 26.9 Å². The van der Waals surface area contributed by atoms with E-state index in [9.17, 15) is 4.79 Å². The predicted octanol–water partition coefficient (Wildman–Crippen LogP) is 2.87. The molecule has 0 aromatic heterocycles. The summed E-state index contributed by atoms with van der Waals surface area (Å²) in [4.78, 5) is 12.4. The van der Waals surface area contributed by atoms with Crippen LogP contribution in [-0.4, -0.2) is 32.8 Å². The van der Waals surface area contributed by atoms with E-state index in [1.54, 1.807) is 0 Å². The van der Waals surface area contributed by atoms with Gasteiger partial charge in [-0.25, -0.2) is 4.79 Å². The average Bonchev–Trinajstić information content (AvgIpc) is 2.54. The van der Waals surface area contributed by atoms with E-state index in [0.717, 1.165) is 31.4 Å². The van der Waals surface area contributed by atoms with Crippen LogP contribution in [0.4, 0.5) is 0 Å². The number of esters is 1. The lowest BCUT2D eigenvalue weighted by molar-refractivity contribution is -0.152. The summed E-state index contributed by atoms with van der Waals surface area (Å²) < 4.78 is 10.8. The van der Waals surface area contributed by atoms with Gasteiger partial charge in [0.05, 0.1) is 13.7 Å². The zero-order valence-electron chi connectivity index (χ0n) is 13.4. The monoisotopic (exact) mass is 293 g/mol. The normalized spacial score (nSPS) is 13.7. The average molecular weight is 293 g/mol. The largest absolute Gasteiger partial charge is 0.467 e. The second-order valence-electron chi connectivity index (χ2n) is 5.10. The highest BCUT2D eigenvalue weighted by molar-refractivity contribution is 5.82. The number of nitrogens with one attached hydrogen (secondary N) is 1. The standard InChI is InChI=1S/C17H27NO3/c1-4-6-13-21-14-17(16(19)20-3,18-12-5-2)15-10-8-7-9-11-15/h7-11,18H,4-6,12-14H2,1-3H3. The molecule has 1 atom stereocenters. The van der Waals surface area contributed by atoms with E-state index in [4.69, 9.17) is 9.47 Å². The van der Waals surface area contributed by atoms with Crippen LogP contribution in [0.3, 0.4) is 0 Å². The fraction of sp³-hybridized carbons (Fsp3) is 0.588. The minimum atomic E-state index is -0.931. The van der Waals surface area contributed by atoms with Gasteiger partial charge < -0.3 is 9.47 Å². The van der Waals surface area contributed by atoms with Crippen LogP contribution in [0.25, 0.3) is 0 Å². The van der Waals surface area contributed by atoms with Crippen LogP contribution in [0.2, 0.25) is 0 Å². The minimum absolute atomic E-state index is 0.281. The van der Waals surface area contributed by atoms with E-state index in [-0.39, 0.29) is 12.6 Å². The molecule has 0 amide bonds. The first kappa shape index (κ1) is 17.7. The Morgan fingerprint density at radius 1 is 1.19 bits per heavy atom. The Bertz CT molecular complexity index is 408. The Balaban J connectivity index is 3.00. The zero-order valence-corrected chi connectivity index (χ0v) is 13.4. The van der Waals surface area contributed by atoms with Crippen molar-refractivity contribution in [1.82, 2.24) is 5.32 Å². The van der Waals surface area contributed by atoms with Crippen molar-refractivity contribution in [3.8, 4) is 0 Å². The predicted molar refractivity (Wildman–Crippen MR) is 84.2 cm³/mol. The number of methoxy groups -OCH3 is 1. The molecule has 1 N–H and O–H groups in total. The van der Waals surface area contributed by atoms with E-state index in [2.05, 4.69) is 19.2 Å². The van der Waals surface area contributed by atoms with Crippen molar-refractivity contribution in [2.45, 2.75) is 38.6 Å². The highest BCUT2D eigenvalue weighted by atomic mass is 16.5. The summed E-state index contributed by atoms with van der Waals surface area (Å²) in [5, 5.41) is 3.33. The fourth-order valence-corrected chi connectivity index (χ4v) is 2.19. The number of rotatable bonds is 10. The molecule has 0 heterocycles. The number of unbranched alkanes of at least 4 members (excludes halogenated alkanes) is 1. The summed E-state index contributed by atoms with van der Waals surface area (Å²) in [7, 11) is 1.42. The molecule has 0 saturated heterocycles.